The van der Waals surface area contributed by atoms with Crippen molar-refractivity contribution in [2.45, 2.75) is 4.90 Å². The Morgan fingerprint density at radius 2 is 1.51 bits per heavy atom. The zero-order chi connectivity index (χ0) is 28.0. The number of nitrogens with zero attached hydrogens (tertiary/aromatic N) is 1. The van der Waals surface area contributed by atoms with Gasteiger partial charge in [0.05, 0.1) is 32.9 Å². The summed E-state index contributed by atoms with van der Waals surface area (Å²) in [5.41, 5.74) is 3.14. The monoisotopic (exact) mass is 601 g/mol. The number of halogens is 3. The molecule has 4 aromatic rings. The van der Waals surface area contributed by atoms with E-state index in [0.29, 0.717) is 15.6 Å². The summed E-state index contributed by atoms with van der Waals surface area (Å²) < 4.78 is 33.3. The van der Waals surface area contributed by atoms with Crippen molar-refractivity contribution in [3.63, 3.8) is 0 Å². The molecule has 4 rings (SSSR count). The van der Waals surface area contributed by atoms with E-state index in [-0.39, 0.29) is 32.5 Å². The van der Waals surface area contributed by atoms with Crippen LogP contribution in [0.4, 0.5) is 5.69 Å². The summed E-state index contributed by atoms with van der Waals surface area (Å²) in [6.07, 6.45) is 1.34. The lowest BCUT2D eigenvalue weighted by Gasteiger charge is -2.11. The molecule has 0 unspecified atom stereocenters. The number of rotatable bonds is 8. The van der Waals surface area contributed by atoms with Gasteiger partial charge in [-0.1, -0.05) is 59.1 Å². The second-order valence-electron chi connectivity index (χ2n) is 7.89. The van der Waals surface area contributed by atoms with Crippen molar-refractivity contribution >= 4 is 68.6 Å². The molecule has 4 aromatic carbocycles. The van der Waals surface area contributed by atoms with E-state index in [4.69, 9.17) is 39.5 Å². The molecule has 0 radical (unpaired) electrons. The molecule has 8 nitrogen and oxygen atoms in total. The van der Waals surface area contributed by atoms with Gasteiger partial charge >= 0.3 is 5.97 Å². The number of anilines is 1. The molecular weight excluding hydrogens is 585 g/mol. The van der Waals surface area contributed by atoms with E-state index in [1.165, 1.54) is 66.9 Å². The van der Waals surface area contributed by atoms with E-state index in [1.807, 2.05) is 0 Å². The van der Waals surface area contributed by atoms with Crippen LogP contribution in [-0.2, 0) is 10.0 Å². The minimum Gasteiger partial charge on any atom is -0.423 e. The fraction of sp³-hybridized carbons (Fsp3) is 0. The van der Waals surface area contributed by atoms with Gasteiger partial charge in [0, 0.05) is 10.0 Å². The number of para-hydroxylation sites is 1. The number of nitrogens with one attached hydrogen (secondary N) is 2. The second-order valence-corrected chi connectivity index (χ2v) is 10.9. The van der Waals surface area contributed by atoms with Gasteiger partial charge in [0.1, 0.15) is 5.75 Å². The minimum absolute atomic E-state index is 0.0148. The number of esters is 1. The zero-order valence-electron chi connectivity index (χ0n) is 19.8. The van der Waals surface area contributed by atoms with Crippen LogP contribution >= 0.6 is 34.8 Å². The number of ether oxygens (including phenoxy) is 1. The van der Waals surface area contributed by atoms with Crippen molar-refractivity contribution in [2.75, 3.05) is 4.72 Å². The van der Waals surface area contributed by atoms with Gasteiger partial charge in [-0.2, -0.15) is 5.10 Å². The predicted octanol–water partition coefficient (Wildman–Crippen LogP) is 6.43. The lowest BCUT2D eigenvalue weighted by molar-refractivity contribution is 0.0734. The fourth-order valence-electron chi connectivity index (χ4n) is 3.29. The van der Waals surface area contributed by atoms with Crippen LogP contribution in [-0.4, -0.2) is 26.5 Å². The number of benzene rings is 4. The predicted molar refractivity (Wildman–Crippen MR) is 152 cm³/mol. The minimum atomic E-state index is -3.97. The summed E-state index contributed by atoms with van der Waals surface area (Å²) in [6, 6.07) is 22.5. The highest BCUT2D eigenvalue weighted by atomic mass is 35.5. The number of carbonyl (C=O) groups is 2. The maximum atomic E-state index is 12.8. The van der Waals surface area contributed by atoms with Gasteiger partial charge in [-0.25, -0.2) is 18.6 Å². The highest BCUT2D eigenvalue weighted by Crippen LogP contribution is 2.24. The van der Waals surface area contributed by atoms with Gasteiger partial charge in [-0.15, -0.1) is 0 Å². The summed E-state index contributed by atoms with van der Waals surface area (Å²) >= 11 is 17.8. The fourth-order valence-corrected chi connectivity index (χ4v) is 4.98. The molecule has 0 spiro atoms. The second kappa shape index (κ2) is 12.3. The molecule has 12 heteroatoms. The summed E-state index contributed by atoms with van der Waals surface area (Å²) in [4.78, 5) is 25.2. The molecule has 0 saturated carbocycles. The molecule has 0 aliphatic rings. The van der Waals surface area contributed by atoms with Crippen LogP contribution in [0.2, 0.25) is 15.1 Å². The van der Waals surface area contributed by atoms with E-state index in [2.05, 4.69) is 15.2 Å². The van der Waals surface area contributed by atoms with Gasteiger partial charge in [0.25, 0.3) is 15.9 Å². The van der Waals surface area contributed by atoms with Crippen LogP contribution in [0, 0.1) is 0 Å². The topological polar surface area (TPSA) is 114 Å². The molecule has 0 saturated heterocycles. The van der Waals surface area contributed by atoms with Crippen LogP contribution in [0.15, 0.2) is 101 Å². The number of hydrazone groups is 1. The normalized spacial score (nSPS) is 11.3. The van der Waals surface area contributed by atoms with Crippen molar-refractivity contribution in [3.05, 3.63) is 123 Å². The Balaban J connectivity index is 1.43. The van der Waals surface area contributed by atoms with Gasteiger partial charge in [0.15, 0.2) is 0 Å². The van der Waals surface area contributed by atoms with Crippen LogP contribution < -0.4 is 14.9 Å². The van der Waals surface area contributed by atoms with Gasteiger partial charge in [0.2, 0.25) is 0 Å². The maximum absolute atomic E-state index is 12.8. The summed E-state index contributed by atoms with van der Waals surface area (Å²) in [6.45, 7) is 0. The van der Waals surface area contributed by atoms with Gasteiger partial charge in [-0.05, 0) is 72.3 Å². The van der Waals surface area contributed by atoms with Crippen molar-refractivity contribution in [1.82, 2.24) is 5.43 Å². The average Bonchev–Trinajstić information content (AvgIpc) is 2.89. The van der Waals surface area contributed by atoms with Crippen LogP contribution in [0.5, 0.6) is 5.75 Å². The number of hydrogen-bond donors (Lipinski definition) is 2. The van der Waals surface area contributed by atoms with Crippen molar-refractivity contribution in [1.29, 1.82) is 0 Å². The lowest BCUT2D eigenvalue weighted by Crippen LogP contribution is -2.21. The number of amides is 1. The number of sulfonamides is 1. The number of carbonyl (C=O) groups excluding carboxylic acids is 2. The highest BCUT2D eigenvalue weighted by Gasteiger charge is 2.18. The first kappa shape index (κ1) is 28.1. The maximum Gasteiger partial charge on any atom is 0.345 e. The Hall–Kier alpha value is -3.89. The van der Waals surface area contributed by atoms with Gasteiger partial charge < -0.3 is 4.74 Å². The van der Waals surface area contributed by atoms with Crippen molar-refractivity contribution in [2.24, 2.45) is 5.10 Å². The Kier molecular flexibility index (Phi) is 8.88. The SMILES string of the molecule is O=C(Oc1cccc(/C=N/NC(=O)c2ccccc2NS(=O)(=O)c2ccc(Cl)cc2)c1)c1ccc(Cl)cc1Cl. The van der Waals surface area contributed by atoms with Gasteiger partial charge in [-0.3, -0.25) is 9.52 Å². The molecule has 0 atom stereocenters. The molecule has 39 heavy (non-hydrogen) atoms. The van der Waals surface area contributed by atoms with E-state index in [9.17, 15) is 18.0 Å². The highest BCUT2D eigenvalue weighted by molar-refractivity contribution is 7.92. The Labute approximate surface area is 239 Å². The van der Waals surface area contributed by atoms with Crippen LogP contribution in [0.1, 0.15) is 26.3 Å². The van der Waals surface area contributed by atoms with Crippen LogP contribution in [0.25, 0.3) is 0 Å². The van der Waals surface area contributed by atoms with Crippen molar-refractivity contribution in [3.8, 4) is 5.75 Å². The third kappa shape index (κ3) is 7.36. The van der Waals surface area contributed by atoms with Crippen molar-refractivity contribution < 1.29 is 22.7 Å². The van der Waals surface area contributed by atoms with E-state index in [0.717, 1.165) is 0 Å². The van der Waals surface area contributed by atoms with E-state index in [1.54, 1.807) is 30.3 Å². The quantitative estimate of drug-likeness (QED) is 0.104. The first-order valence-corrected chi connectivity index (χ1v) is 13.7. The molecule has 0 heterocycles. The summed E-state index contributed by atoms with van der Waals surface area (Å²) in [7, 11) is -3.97. The first-order valence-electron chi connectivity index (χ1n) is 11.1. The molecule has 0 aliphatic heterocycles. The standard InChI is InChI=1S/C27H18Cl3N3O5S/c28-18-8-11-21(12-9-18)39(36,37)33-25-7-2-1-6-23(25)26(34)32-31-16-17-4-3-5-20(14-17)38-27(35)22-13-10-19(29)15-24(22)30/h1-16,33H,(H,32,34)/b31-16+. The molecule has 198 valence electrons. The summed E-state index contributed by atoms with van der Waals surface area (Å²) in [5.74, 6) is -1.10. The largest absolute Gasteiger partial charge is 0.423 e. The molecule has 0 bridgehead atoms. The molecule has 0 aliphatic carbocycles. The molecule has 0 aromatic heterocycles. The first-order chi connectivity index (χ1) is 18.6. The smallest absolute Gasteiger partial charge is 0.345 e. The Morgan fingerprint density at radius 1 is 0.795 bits per heavy atom. The molecule has 1 amide bonds. The third-order valence-electron chi connectivity index (χ3n) is 5.14. The van der Waals surface area contributed by atoms with E-state index >= 15 is 0 Å². The number of hydrogen-bond acceptors (Lipinski definition) is 6. The summed E-state index contributed by atoms with van der Waals surface area (Å²) in [5, 5.41) is 4.87. The van der Waals surface area contributed by atoms with Crippen LogP contribution in [0.3, 0.4) is 0 Å². The molecule has 0 fully saturated rings. The average molecular weight is 603 g/mol. The molecular formula is C27H18Cl3N3O5S. The third-order valence-corrected chi connectivity index (χ3v) is 7.32. The molecule has 2 N–H and O–H groups in total. The lowest BCUT2D eigenvalue weighted by atomic mass is 10.2. The Bertz CT molecular complexity index is 1680. The Morgan fingerprint density at radius 3 is 2.26 bits per heavy atom. The zero-order valence-corrected chi connectivity index (χ0v) is 22.9. The van der Waals surface area contributed by atoms with E-state index < -0.39 is 21.9 Å².